The van der Waals surface area contributed by atoms with Crippen LogP contribution in [0.4, 0.5) is 0 Å². The number of benzene rings is 2. The average Bonchev–Trinajstić information content (AvgIpc) is 3.04. The summed E-state index contributed by atoms with van der Waals surface area (Å²) >= 11 is 0. The normalized spacial score (nSPS) is 16.4. The van der Waals surface area contributed by atoms with Crippen LogP contribution in [-0.4, -0.2) is 6.54 Å². The van der Waals surface area contributed by atoms with Gasteiger partial charge in [-0.15, -0.1) is 0 Å². The molecular formula is C18H16N2. The topological polar surface area (TPSA) is 35.8 Å². The van der Waals surface area contributed by atoms with E-state index in [0.717, 1.165) is 36.2 Å². The van der Waals surface area contributed by atoms with E-state index in [0.29, 0.717) is 0 Å². The van der Waals surface area contributed by atoms with Crippen LogP contribution in [0.3, 0.4) is 0 Å². The van der Waals surface area contributed by atoms with E-state index in [4.69, 9.17) is 0 Å². The van der Waals surface area contributed by atoms with Crippen LogP contribution < -0.4 is 5.32 Å². The van der Waals surface area contributed by atoms with Crippen LogP contribution in [0.5, 0.6) is 0 Å². The van der Waals surface area contributed by atoms with E-state index >= 15 is 0 Å². The lowest BCUT2D eigenvalue weighted by Gasteiger charge is -2.07. The first kappa shape index (κ1) is 12.5. The molecular weight excluding hydrogens is 244 g/mol. The van der Waals surface area contributed by atoms with Gasteiger partial charge in [0.15, 0.2) is 0 Å². The third-order valence-electron chi connectivity index (χ3n) is 3.64. The van der Waals surface area contributed by atoms with Crippen molar-refractivity contribution in [2.75, 3.05) is 6.54 Å². The minimum absolute atomic E-state index is 0.780. The van der Waals surface area contributed by atoms with Crippen molar-refractivity contribution >= 4 is 5.57 Å². The van der Waals surface area contributed by atoms with Crippen LogP contribution in [0.2, 0.25) is 0 Å². The molecule has 20 heavy (non-hydrogen) atoms. The predicted octanol–water partition coefficient (Wildman–Crippen LogP) is 3.97. The van der Waals surface area contributed by atoms with Crippen LogP contribution in [0, 0.1) is 11.3 Å². The van der Waals surface area contributed by atoms with Gasteiger partial charge in [-0.3, -0.25) is 0 Å². The standard InChI is InChI=1S/C18H16N2/c19-13-17(18-7-4-12-20-18)16-10-8-15(9-11-16)14-5-2-1-3-6-14/h1-3,5-6,8-11,20H,4,7,12H2/b18-17+. The fourth-order valence-electron chi connectivity index (χ4n) is 2.57. The van der Waals surface area contributed by atoms with E-state index < -0.39 is 0 Å². The molecule has 2 aromatic rings. The van der Waals surface area contributed by atoms with Crippen LogP contribution in [0.15, 0.2) is 60.3 Å². The van der Waals surface area contributed by atoms with Crippen LogP contribution in [0.25, 0.3) is 16.7 Å². The summed E-state index contributed by atoms with van der Waals surface area (Å²) in [6, 6.07) is 20.8. The monoisotopic (exact) mass is 260 g/mol. The third-order valence-corrected chi connectivity index (χ3v) is 3.64. The van der Waals surface area contributed by atoms with Crippen LogP contribution >= 0.6 is 0 Å². The molecule has 0 unspecified atom stereocenters. The molecule has 0 bridgehead atoms. The molecule has 1 heterocycles. The van der Waals surface area contributed by atoms with Crippen LogP contribution in [-0.2, 0) is 0 Å². The summed E-state index contributed by atoms with van der Waals surface area (Å²) in [5.41, 5.74) is 5.24. The highest BCUT2D eigenvalue weighted by molar-refractivity contribution is 5.80. The maximum atomic E-state index is 9.38. The zero-order valence-corrected chi connectivity index (χ0v) is 11.3. The SMILES string of the molecule is N#C/C(=C1/CCCN1)c1ccc(-c2ccccc2)cc1. The molecule has 0 amide bonds. The second-order valence-corrected chi connectivity index (χ2v) is 4.94. The Balaban J connectivity index is 1.94. The van der Waals surface area contributed by atoms with E-state index in [1.54, 1.807) is 0 Å². The molecule has 0 atom stereocenters. The molecule has 1 saturated heterocycles. The Kier molecular flexibility index (Phi) is 3.52. The molecule has 1 aliphatic heterocycles. The lowest BCUT2D eigenvalue weighted by Crippen LogP contribution is -2.05. The third kappa shape index (κ3) is 2.44. The summed E-state index contributed by atoms with van der Waals surface area (Å²) in [5.74, 6) is 0. The van der Waals surface area contributed by atoms with Crippen molar-refractivity contribution in [3.63, 3.8) is 0 Å². The number of hydrogen-bond donors (Lipinski definition) is 1. The summed E-state index contributed by atoms with van der Waals surface area (Å²) < 4.78 is 0. The molecule has 1 fully saturated rings. The summed E-state index contributed by atoms with van der Waals surface area (Å²) in [7, 11) is 0. The Labute approximate surface area is 119 Å². The van der Waals surface area contributed by atoms with E-state index in [9.17, 15) is 5.26 Å². The van der Waals surface area contributed by atoms with E-state index in [-0.39, 0.29) is 0 Å². The van der Waals surface area contributed by atoms with E-state index in [1.165, 1.54) is 11.1 Å². The molecule has 1 aliphatic rings. The highest BCUT2D eigenvalue weighted by atomic mass is 14.9. The van der Waals surface area contributed by atoms with Gasteiger partial charge in [-0.05, 0) is 29.5 Å². The fraction of sp³-hybridized carbons (Fsp3) is 0.167. The van der Waals surface area contributed by atoms with Gasteiger partial charge in [-0.2, -0.15) is 5.26 Å². The first-order valence-corrected chi connectivity index (χ1v) is 6.91. The first-order chi connectivity index (χ1) is 9.88. The Morgan fingerprint density at radius 3 is 2.25 bits per heavy atom. The first-order valence-electron chi connectivity index (χ1n) is 6.91. The lowest BCUT2D eigenvalue weighted by molar-refractivity contribution is 0.904. The van der Waals surface area contributed by atoms with Crippen molar-refractivity contribution < 1.29 is 0 Å². The van der Waals surface area contributed by atoms with Gasteiger partial charge < -0.3 is 5.32 Å². The average molecular weight is 260 g/mol. The lowest BCUT2D eigenvalue weighted by atomic mass is 9.99. The number of nitrogens with one attached hydrogen (secondary N) is 1. The fourth-order valence-corrected chi connectivity index (χ4v) is 2.57. The second-order valence-electron chi connectivity index (χ2n) is 4.94. The quantitative estimate of drug-likeness (QED) is 0.829. The number of nitrogens with zero attached hydrogens (tertiary/aromatic N) is 1. The van der Waals surface area contributed by atoms with Gasteiger partial charge >= 0.3 is 0 Å². The smallest absolute Gasteiger partial charge is 0.102 e. The van der Waals surface area contributed by atoms with Crippen molar-refractivity contribution in [3.8, 4) is 17.2 Å². The zero-order chi connectivity index (χ0) is 13.8. The summed E-state index contributed by atoms with van der Waals surface area (Å²) in [4.78, 5) is 0. The second kappa shape index (κ2) is 5.63. The Bertz CT molecular complexity index is 653. The van der Waals surface area contributed by atoms with Gasteiger partial charge in [-0.1, -0.05) is 54.6 Å². The molecule has 0 radical (unpaired) electrons. The number of nitriles is 1. The molecule has 98 valence electrons. The van der Waals surface area contributed by atoms with Crippen molar-refractivity contribution in [3.05, 3.63) is 65.9 Å². The molecule has 0 saturated carbocycles. The van der Waals surface area contributed by atoms with Crippen molar-refractivity contribution in [2.45, 2.75) is 12.8 Å². The maximum absolute atomic E-state index is 9.38. The van der Waals surface area contributed by atoms with Gasteiger partial charge in [0.2, 0.25) is 0 Å². The maximum Gasteiger partial charge on any atom is 0.102 e. The van der Waals surface area contributed by atoms with Gasteiger partial charge in [0, 0.05) is 12.2 Å². The van der Waals surface area contributed by atoms with E-state index in [1.807, 2.05) is 30.3 Å². The Morgan fingerprint density at radius 2 is 1.65 bits per heavy atom. The van der Waals surface area contributed by atoms with Gasteiger partial charge in [0.1, 0.15) is 6.07 Å². The van der Waals surface area contributed by atoms with Crippen molar-refractivity contribution in [2.24, 2.45) is 0 Å². The van der Waals surface area contributed by atoms with Gasteiger partial charge in [0.05, 0.1) is 5.57 Å². The number of hydrogen-bond acceptors (Lipinski definition) is 2. The molecule has 1 N–H and O–H groups in total. The largest absolute Gasteiger partial charge is 0.387 e. The molecule has 3 rings (SSSR count). The summed E-state index contributed by atoms with van der Waals surface area (Å²) in [5, 5.41) is 12.7. The van der Waals surface area contributed by atoms with Crippen molar-refractivity contribution in [1.82, 2.24) is 5.32 Å². The minimum atomic E-state index is 0.780. The molecule has 2 aromatic carbocycles. The zero-order valence-electron chi connectivity index (χ0n) is 11.3. The molecule has 2 heteroatoms. The Hall–Kier alpha value is -2.53. The number of allylic oxidation sites excluding steroid dienone is 2. The highest BCUT2D eigenvalue weighted by Gasteiger charge is 2.13. The molecule has 0 aromatic heterocycles. The molecule has 0 spiro atoms. The van der Waals surface area contributed by atoms with Gasteiger partial charge in [-0.25, -0.2) is 0 Å². The number of rotatable bonds is 2. The Morgan fingerprint density at radius 1 is 0.950 bits per heavy atom. The highest BCUT2D eigenvalue weighted by Crippen LogP contribution is 2.25. The van der Waals surface area contributed by atoms with Gasteiger partial charge in [0.25, 0.3) is 0 Å². The van der Waals surface area contributed by atoms with Crippen LogP contribution in [0.1, 0.15) is 18.4 Å². The molecule has 2 nitrogen and oxygen atoms in total. The van der Waals surface area contributed by atoms with Crippen molar-refractivity contribution in [1.29, 1.82) is 5.26 Å². The summed E-state index contributed by atoms with van der Waals surface area (Å²) in [6.07, 6.45) is 2.09. The van der Waals surface area contributed by atoms with E-state index in [2.05, 4.69) is 35.7 Å². The minimum Gasteiger partial charge on any atom is -0.387 e. The summed E-state index contributed by atoms with van der Waals surface area (Å²) in [6.45, 7) is 0.975. The predicted molar refractivity (Wildman–Crippen MR) is 81.6 cm³/mol. The molecule has 0 aliphatic carbocycles.